The van der Waals surface area contributed by atoms with Crippen molar-refractivity contribution in [3.63, 3.8) is 0 Å². The normalized spacial score (nSPS) is 11.6. The third kappa shape index (κ3) is 2.80. The van der Waals surface area contributed by atoms with Crippen molar-refractivity contribution in [1.82, 2.24) is 14.5 Å². The molecule has 118 valence electrons. The minimum Gasteiger partial charge on any atom is -0.505 e. The Bertz CT molecular complexity index is 884. The lowest BCUT2D eigenvalue weighted by Gasteiger charge is -2.07. The molecule has 0 spiro atoms. The predicted octanol–water partition coefficient (Wildman–Crippen LogP) is 2.09. The van der Waals surface area contributed by atoms with E-state index in [1.807, 2.05) is 35.9 Å². The molecule has 0 saturated carbocycles. The number of benzene rings is 1. The number of aliphatic imine (C=N–C) groups is 1. The molecule has 2 heterocycles. The van der Waals surface area contributed by atoms with E-state index in [2.05, 4.69) is 15.0 Å². The van der Waals surface area contributed by atoms with Crippen LogP contribution in [0.1, 0.15) is 22.6 Å². The number of aliphatic hydroxyl groups is 1. The van der Waals surface area contributed by atoms with Gasteiger partial charge in [0.1, 0.15) is 11.6 Å². The fraction of sp³-hybridized carbons (Fsp3) is 0.235. The summed E-state index contributed by atoms with van der Waals surface area (Å²) in [6, 6.07) is 7.90. The van der Waals surface area contributed by atoms with Crippen LogP contribution in [0.4, 0.5) is 0 Å². The van der Waals surface area contributed by atoms with E-state index in [9.17, 15) is 10.2 Å². The molecule has 0 amide bonds. The summed E-state index contributed by atoms with van der Waals surface area (Å²) in [4.78, 5) is 13.0. The van der Waals surface area contributed by atoms with Crippen LogP contribution < -0.4 is 0 Å². The number of aliphatic hydroxyl groups excluding tert-OH is 1. The molecule has 0 aliphatic heterocycles. The third-order valence-electron chi connectivity index (χ3n) is 3.86. The average molecular weight is 310 g/mol. The molecule has 6 nitrogen and oxygen atoms in total. The number of fused-ring (bicyclic) bond motifs is 1. The Hall–Kier alpha value is -2.73. The summed E-state index contributed by atoms with van der Waals surface area (Å²) in [7, 11) is 1.95. The van der Waals surface area contributed by atoms with Gasteiger partial charge in [-0.25, -0.2) is 4.98 Å². The summed E-state index contributed by atoms with van der Waals surface area (Å²) in [6.07, 6.45) is 3.11. The number of aryl methyl sites for hydroxylation is 2. The maximum absolute atomic E-state index is 10.1. The first-order chi connectivity index (χ1) is 11.1. The van der Waals surface area contributed by atoms with Gasteiger partial charge in [0.25, 0.3) is 0 Å². The van der Waals surface area contributed by atoms with Crippen LogP contribution in [-0.4, -0.2) is 31.0 Å². The standard InChI is InChI=1S/C17H18N4O2/c1-11-17(23)13(12(10-22)7-19-11)8-18-9-16-20-14-5-3-4-6-15(14)21(16)2/h3-8,22-23H,9-10H2,1-2H3. The van der Waals surface area contributed by atoms with Gasteiger partial charge >= 0.3 is 0 Å². The Balaban J connectivity index is 1.89. The number of rotatable bonds is 4. The summed E-state index contributed by atoms with van der Waals surface area (Å²) in [5.41, 5.74) is 3.53. The number of nitrogens with zero attached hydrogens (tertiary/aromatic N) is 4. The lowest BCUT2D eigenvalue weighted by molar-refractivity contribution is 0.280. The van der Waals surface area contributed by atoms with Crippen molar-refractivity contribution in [3.05, 3.63) is 53.1 Å². The van der Waals surface area contributed by atoms with Crippen LogP contribution in [0.15, 0.2) is 35.5 Å². The van der Waals surface area contributed by atoms with Crippen molar-refractivity contribution in [2.45, 2.75) is 20.1 Å². The van der Waals surface area contributed by atoms with E-state index in [0.717, 1.165) is 16.9 Å². The van der Waals surface area contributed by atoms with Crippen LogP contribution in [0.5, 0.6) is 5.75 Å². The molecule has 1 aromatic carbocycles. The molecular weight excluding hydrogens is 292 g/mol. The molecule has 3 aromatic rings. The molecule has 0 bridgehead atoms. The molecule has 0 atom stereocenters. The molecule has 23 heavy (non-hydrogen) atoms. The first-order valence-electron chi connectivity index (χ1n) is 7.30. The highest BCUT2D eigenvalue weighted by molar-refractivity contribution is 5.85. The van der Waals surface area contributed by atoms with Crippen molar-refractivity contribution >= 4 is 17.2 Å². The van der Waals surface area contributed by atoms with Gasteiger partial charge < -0.3 is 14.8 Å². The fourth-order valence-electron chi connectivity index (χ4n) is 2.48. The van der Waals surface area contributed by atoms with Crippen LogP contribution in [0.3, 0.4) is 0 Å². The van der Waals surface area contributed by atoms with Crippen LogP contribution >= 0.6 is 0 Å². The molecule has 0 radical (unpaired) electrons. The summed E-state index contributed by atoms with van der Waals surface area (Å²) in [6.45, 7) is 1.89. The Morgan fingerprint density at radius 1 is 1.30 bits per heavy atom. The molecular formula is C17H18N4O2. The van der Waals surface area contributed by atoms with Crippen LogP contribution in [0.2, 0.25) is 0 Å². The number of hydrogen-bond acceptors (Lipinski definition) is 5. The summed E-state index contributed by atoms with van der Waals surface area (Å²) >= 11 is 0. The van der Waals surface area contributed by atoms with E-state index in [4.69, 9.17) is 0 Å². The van der Waals surface area contributed by atoms with Gasteiger partial charge in [-0.2, -0.15) is 0 Å². The maximum Gasteiger partial charge on any atom is 0.145 e. The number of para-hydroxylation sites is 2. The Kier molecular flexibility index (Phi) is 4.08. The van der Waals surface area contributed by atoms with Gasteiger partial charge in [0.05, 0.1) is 29.9 Å². The quantitative estimate of drug-likeness (QED) is 0.723. The van der Waals surface area contributed by atoms with E-state index in [1.165, 1.54) is 0 Å². The molecule has 0 unspecified atom stereocenters. The second kappa shape index (κ2) is 6.18. The molecule has 0 saturated heterocycles. The summed E-state index contributed by atoms with van der Waals surface area (Å²) in [5.74, 6) is 0.878. The van der Waals surface area contributed by atoms with Crippen LogP contribution in [-0.2, 0) is 20.2 Å². The van der Waals surface area contributed by atoms with Crippen LogP contribution in [0, 0.1) is 6.92 Å². The fourth-order valence-corrected chi connectivity index (χ4v) is 2.48. The molecule has 0 aliphatic carbocycles. The largest absolute Gasteiger partial charge is 0.505 e. The number of imidazole rings is 1. The molecule has 2 N–H and O–H groups in total. The second-order valence-electron chi connectivity index (χ2n) is 5.33. The molecule has 3 rings (SSSR count). The smallest absolute Gasteiger partial charge is 0.145 e. The van der Waals surface area contributed by atoms with E-state index in [0.29, 0.717) is 23.4 Å². The van der Waals surface area contributed by atoms with Gasteiger partial charge in [-0.3, -0.25) is 9.98 Å². The van der Waals surface area contributed by atoms with Crippen molar-refractivity contribution < 1.29 is 10.2 Å². The number of aromatic hydroxyl groups is 1. The van der Waals surface area contributed by atoms with Gasteiger partial charge in [0.15, 0.2) is 0 Å². The first kappa shape index (κ1) is 15.2. The highest BCUT2D eigenvalue weighted by Crippen LogP contribution is 2.22. The zero-order chi connectivity index (χ0) is 16.4. The van der Waals surface area contributed by atoms with E-state index in [-0.39, 0.29) is 12.4 Å². The van der Waals surface area contributed by atoms with Gasteiger partial charge in [-0.15, -0.1) is 0 Å². The van der Waals surface area contributed by atoms with Gasteiger partial charge in [-0.05, 0) is 19.1 Å². The van der Waals surface area contributed by atoms with Crippen LogP contribution in [0.25, 0.3) is 11.0 Å². The minimum absolute atomic E-state index is 0.0466. The van der Waals surface area contributed by atoms with Gasteiger partial charge in [-0.1, -0.05) is 12.1 Å². The lowest BCUT2D eigenvalue weighted by Crippen LogP contribution is -2.00. The van der Waals surface area contributed by atoms with Gasteiger partial charge in [0.2, 0.25) is 0 Å². The van der Waals surface area contributed by atoms with Crippen molar-refractivity contribution in [2.24, 2.45) is 12.0 Å². The first-order valence-corrected chi connectivity index (χ1v) is 7.30. The monoisotopic (exact) mass is 310 g/mol. The number of hydrogen-bond donors (Lipinski definition) is 2. The van der Waals surface area contributed by atoms with Gasteiger partial charge in [0, 0.05) is 30.6 Å². The lowest BCUT2D eigenvalue weighted by atomic mass is 10.1. The van der Waals surface area contributed by atoms with E-state index >= 15 is 0 Å². The maximum atomic E-state index is 10.1. The van der Waals surface area contributed by atoms with Crippen molar-refractivity contribution in [2.75, 3.05) is 0 Å². The Labute approximate surface area is 133 Å². The third-order valence-corrected chi connectivity index (χ3v) is 3.86. The minimum atomic E-state index is -0.200. The summed E-state index contributed by atoms with van der Waals surface area (Å²) in [5, 5.41) is 19.5. The Morgan fingerprint density at radius 2 is 2.09 bits per heavy atom. The highest BCUT2D eigenvalue weighted by Gasteiger charge is 2.10. The SMILES string of the molecule is Cc1ncc(CO)c(C=NCc2nc3ccccc3n2C)c1O. The van der Waals surface area contributed by atoms with Crippen molar-refractivity contribution in [1.29, 1.82) is 0 Å². The topological polar surface area (TPSA) is 83.5 Å². The van der Waals surface area contributed by atoms with Crippen molar-refractivity contribution in [3.8, 4) is 5.75 Å². The zero-order valence-corrected chi connectivity index (χ0v) is 13.1. The number of aromatic nitrogens is 3. The average Bonchev–Trinajstić information content (AvgIpc) is 2.88. The second-order valence-corrected chi connectivity index (χ2v) is 5.33. The Morgan fingerprint density at radius 3 is 2.83 bits per heavy atom. The molecule has 2 aromatic heterocycles. The predicted molar refractivity (Wildman–Crippen MR) is 88.6 cm³/mol. The summed E-state index contributed by atoms with van der Waals surface area (Å²) < 4.78 is 2.00. The highest BCUT2D eigenvalue weighted by atomic mass is 16.3. The zero-order valence-electron chi connectivity index (χ0n) is 13.1. The number of pyridine rings is 1. The van der Waals surface area contributed by atoms with E-state index < -0.39 is 0 Å². The molecule has 0 fully saturated rings. The molecule has 6 heteroatoms. The molecule has 0 aliphatic rings. The van der Waals surface area contributed by atoms with E-state index in [1.54, 1.807) is 19.3 Å².